The minimum atomic E-state index is -0.420. The van der Waals surface area contributed by atoms with Gasteiger partial charge >= 0.3 is 0 Å². The molecule has 1 atom stereocenters. The highest BCUT2D eigenvalue weighted by Crippen LogP contribution is 2.36. The molecule has 1 aromatic heterocycles. The van der Waals surface area contributed by atoms with Gasteiger partial charge in [0.25, 0.3) is 0 Å². The van der Waals surface area contributed by atoms with Crippen molar-refractivity contribution >= 4 is 17.3 Å². The zero-order valence-corrected chi connectivity index (χ0v) is 21.1. The summed E-state index contributed by atoms with van der Waals surface area (Å²) in [5.74, 6) is 0.183. The van der Waals surface area contributed by atoms with Crippen molar-refractivity contribution in [2.24, 2.45) is 0 Å². The van der Waals surface area contributed by atoms with E-state index in [0.717, 1.165) is 41.3 Å². The number of aromatic hydroxyl groups is 1. The molecular formula is C28H39N3O3. The van der Waals surface area contributed by atoms with Crippen LogP contribution in [0.15, 0.2) is 36.4 Å². The Labute approximate surface area is 203 Å². The Balaban J connectivity index is 1.72. The van der Waals surface area contributed by atoms with Gasteiger partial charge in [-0.1, -0.05) is 78.0 Å². The van der Waals surface area contributed by atoms with Gasteiger partial charge in [0.15, 0.2) is 0 Å². The van der Waals surface area contributed by atoms with Gasteiger partial charge in [-0.05, 0) is 48.4 Å². The van der Waals surface area contributed by atoms with Gasteiger partial charge in [-0.2, -0.15) is 0 Å². The smallest absolute Gasteiger partial charge is 0.148 e. The fourth-order valence-corrected chi connectivity index (χ4v) is 4.13. The first-order valence-electron chi connectivity index (χ1n) is 12.6. The summed E-state index contributed by atoms with van der Waals surface area (Å²) in [5, 5.41) is 20.2. The number of hydrogen-bond acceptors (Lipinski definition) is 5. The molecule has 0 fully saturated rings. The molecule has 0 aliphatic carbocycles. The lowest BCUT2D eigenvalue weighted by Crippen LogP contribution is -2.17. The zero-order valence-electron chi connectivity index (χ0n) is 21.1. The minimum absolute atomic E-state index is 0.183. The molecule has 0 aliphatic rings. The topological polar surface area (TPSA) is 77.2 Å². The van der Waals surface area contributed by atoms with Crippen molar-refractivity contribution in [3.8, 4) is 11.4 Å². The van der Waals surface area contributed by atoms with Gasteiger partial charge in [-0.25, -0.2) is 0 Å². The Hall–Kier alpha value is -2.73. The lowest BCUT2D eigenvalue weighted by atomic mass is 9.84. The summed E-state index contributed by atoms with van der Waals surface area (Å²) in [6.45, 7) is 9.04. The maximum absolute atomic E-state index is 11.6. The maximum atomic E-state index is 11.6. The summed E-state index contributed by atoms with van der Waals surface area (Å²) in [6, 6.07) is 11.6. The van der Waals surface area contributed by atoms with Crippen molar-refractivity contribution < 1.29 is 14.6 Å². The molecule has 1 unspecified atom stereocenters. The number of aromatic nitrogens is 3. The van der Waals surface area contributed by atoms with E-state index in [2.05, 4.69) is 37.9 Å². The van der Waals surface area contributed by atoms with E-state index in [1.807, 2.05) is 36.4 Å². The molecule has 0 radical (unpaired) electrons. The summed E-state index contributed by atoms with van der Waals surface area (Å²) in [7, 11) is 0. The summed E-state index contributed by atoms with van der Waals surface area (Å²) in [4.78, 5) is 13.1. The highest BCUT2D eigenvalue weighted by atomic mass is 16.5. The Kier molecular flexibility index (Phi) is 9.22. The number of carbonyl (C=O) groups excluding carboxylic acids is 1. The van der Waals surface area contributed by atoms with Crippen molar-refractivity contribution in [1.29, 1.82) is 0 Å². The van der Waals surface area contributed by atoms with Gasteiger partial charge in [0.1, 0.15) is 34.9 Å². The minimum Gasteiger partial charge on any atom is -0.505 e. The molecule has 1 N–H and O–H groups in total. The average Bonchev–Trinajstić information content (AvgIpc) is 3.24. The quantitative estimate of drug-likeness (QED) is 0.237. The van der Waals surface area contributed by atoms with E-state index >= 15 is 0 Å². The number of ether oxygens (including phenoxy) is 1. The average molecular weight is 466 g/mol. The second-order valence-electron chi connectivity index (χ2n) is 10.1. The number of rotatable bonds is 13. The van der Waals surface area contributed by atoms with Crippen molar-refractivity contribution in [1.82, 2.24) is 15.0 Å². The predicted octanol–water partition coefficient (Wildman–Crippen LogP) is 6.30. The Morgan fingerprint density at radius 3 is 2.29 bits per heavy atom. The van der Waals surface area contributed by atoms with Crippen molar-refractivity contribution in [2.75, 3.05) is 6.61 Å². The van der Waals surface area contributed by atoms with Crippen molar-refractivity contribution in [2.45, 2.75) is 90.6 Å². The summed E-state index contributed by atoms with van der Waals surface area (Å²) in [5.41, 5.74) is 3.68. The molecule has 6 heteroatoms. The summed E-state index contributed by atoms with van der Waals surface area (Å²) < 4.78 is 5.85. The Morgan fingerprint density at radius 1 is 1.03 bits per heavy atom. The number of benzene rings is 2. The van der Waals surface area contributed by atoms with Crippen LogP contribution < -0.4 is 0 Å². The second kappa shape index (κ2) is 12.1. The van der Waals surface area contributed by atoms with Crippen LogP contribution in [-0.2, 0) is 21.4 Å². The summed E-state index contributed by atoms with van der Waals surface area (Å²) >= 11 is 0. The molecule has 0 amide bonds. The Morgan fingerprint density at radius 2 is 1.68 bits per heavy atom. The van der Waals surface area contributed by atoms with E-state index < -0.39 is 6.10 Å². The third kappa shape index (κ3) is 6.89. The van der Waals surface area contributed by atoms with Crippen molar-refractivity contribution in [3.05, 3.63) is 47.5 Å². The number of carbonyl (C=O) groups is 1. The van der Waals surface area contributed by atoms with Gasteiger partial charge in [0.05, 0.1) is 0 Å². The Bertz CT molecular complexity index is 1040. The number of phenolic OH excluding ortho intramolecular Hbond substituents is 1. The van der Waals surface area contributed by atoms with E-state index in [1.165, 1.54) is 30.5 Å². The molecule has 1 heterocycles. The van der Waals surface area contributed by atoms with Crippen LogP contribution in [0, 0.1) is 0 Å². The van der Waals surface area contributed by atoms with Crippen LogP contribution in [0.1, 0.15) is 83.8 Å². The van der Waals surface area contributed by atoms with E-state index in [-0.39, 0.29) is 11.2 Å². The molecule has 6 nitrogen and oxygen atoms in total. The lowest BCUT2D eigenvalue weighted by molar-refractivity contribution is -0.118. The molecular weight excluding hydrogens is 426 g/mol. The number of fused-ring (bicyclic) bond motifs is 1. The first kappa shape index (κ1) is 25.9. The van der Waals surface area contributed by atoms with E-state index in [4.69, 9.17) is 4.74 Å². The van der Waals surface area contributed by atoms with Crippen LogP contribution in [0.4, 0.5) is 0 Å². The lowest BCUT2D eigenvalue weighted by Gasteiger charge is -2.23. The SMILES string of the molecule is CCCCCCCCOC(C=O)CCc1cc(-n2nc3ccccc3n2)c(O)c(C(C)(C)C)c1. The van der Waals surface area contributed by atoms with Gasteiger partial charge < -0.3 is 14.6 Å². The van der Waals surface area contributed by atoms with Crippen LogP contribution in [-0.4, -0.2) is 39.1 Å². The third-order valence-electron chi connectivity index (χ3n) is 6.16. The molecule has 0 saturated heterocycles. The maximum Gasteiger partial charge on any atom is 0.148 e. The molecule has 0 aliphatic heterocycles. The van der Waals surface area contributed by atoms with E-state index in [1.54, 1.807) is 0 Å². The normalized spacial score (nSPS) is 12.8. The molecule has 184 valence electrons. The molecule has 0 spiro atoms. The monoisotopic (exact) mass is 465 g/mol. The molecule has 3 rings (SSSR count). The highest BCUT2D eigenvalue weighted by Gasteiger charge is 2.23. The molecule has 2 aromatic carbocycles. The second-order valence-corrected chi connectivity index (χ2v) is 10.1. The van der Waals surface area contributed by atoms with Crippen LogP contribution in [0.5, 0.6) is 5.75 Å². The van der Waals surface area contributed by atoms with E-state index in [9.17, 15) is 9.90 Å². The number of unbranched alkanes of at least 4 members (excludes halogenated alkanes) is 5. The van der Waals surface area contributed by atoms with Crippen molar-refractivity contribution in [3.63, 3.8) is 0 Å². The highest BCUT2D eigenvalue weighted by molar-refractivity contribution is 5.73. The fraction of sp³-hybridized carbons (Fsp3) is 0.536. The molecule has 0 bridgehead atoms. The van der Waals surface area contributed by atoms with Crippen LogP contribution in [0.25, 0.3) is 16.7 Å². The number of aldehydes is 1. The number of aryl methyl sites for hydroxylation is 1. The van der Waals surface area contributed by atoms with Gasteiger partial charge in [-0.15, -0.1) is 15.0 Å². The zero-order chi connectivity index (χ0) is 24.6. The number of phenols is 1. The molecule has 3 aromatic rings. The van der Waals surface area contributed by atoms with Gasteiger partial charge in [0.2, 0.25) is 0 Å². The van der Waals surface area contributed by atoms with Crippen LogP contribution in [0.2, 0.25) is 0 Å². The summed E-state index contributed by atoms with van der Waals surface area (Å²) in [6.07, 6.45) is 8.91. The predicted molar refractivity (Wildman–Crippen MR) is 137 cm³/mol. The molecule has 0 saturated carbocycles. The fourth-order valence-electron chi connectivity index (χ4n) is 4.13. The first-order chi connectivity index (χ1) is 16.3. The molecule has 34 heavy (non-hydrogen) atoms. The van der Waals surface area contributed by atoms with Gasteiger partial charge in [-0.3, -0.25) is 0 Å². The third-order valence-corrected chi connectivity index (χ3v) is 6.16. The number of nitrogens with zero attached hydrogens (tertiary/aromatic N) is 3. The van der Waals surface area contributed by atoms with Gasteiger partial charge in [0, 0.05) is 12.2 Å². The van der Waals surface area contributed by atoms with E-state index in [0.29, 0.717) is 25.1 Å². The number of hydrogen-bond donors (Lipinski definition) is 1. The van der Waals surface area contributed by atoms with Crippen LogP contribution in [0.3, 0.4) is 0 Å². The van der Waals surface area contributed by atoms with Crippen LogP contribution >= 0.6 is 0 Å². The first-order valence-corrected chi connectivity index (χ1v) is 12.6. The largest absolute Gasteiger partial charge is 0.505 e. The standard InChI is InChI=1S/C28H39N3O3/c1-5-6-7-8-9-12-17-34-22(20-32)16-15-21-18-23(28(2,3)4)27(33)26(19-21)31-29-24-13-10-11-14-25(24)30-31/h10-11,13-14,18-20,22,33H,5-9,12,15-17H2,1-4H3.